The molecule has 36 heavy (non-hydrogen) atoms. The maximum atomic E-state index is 12.7. The molecule has 3 rings (SSSR count). The van der Waals surface area contributed by atoms with Crippen LogP contribution in [0.15, 0.2) is 21.6 Å². The summed E-state index contributed by atoms with van der Waals surface area (Å²) in [6.07, 6.45) is -0.638. The van der Waals surface area contributed by atoms with Gasteiger partial charge in [-0.3, -0.25) is 4.79 Å². The maximum Gasteiger partial charge on any atom is 0.407 e. The van der Waals surface area contributed by atoms with Gasteiger partial charge in [0.1, 0.15) is 5.60 Å². The Morgan fingerprint density at radius 1 is 1.17 bits per heavy atom. The van der Waals surface area contributed by atoms with Gasteiger partial charge in [-0.2, -0.15) is 4.99 Å². The predicted molar refractivity (Wildman–Crippen MR) is 144 cm³/mol. The molecule has 10 nitrogen and oxygen atoms in total. The number of rotatable bonds is 8. The number of fused-ring (bicyclic) bond motifs is 1. The van der Waals surface area contributed by atoms with Gasteiger partial charge in [0, 0.05) is 34.8 Å². The number of amidine groups is 1. The lowest BCUT2D eigenvalue weighted by Crippen LogP contribution is -2.38. The average molecular weight is 607 g/mol. The first-order valence-corrected chi connectivity index (χ1v) is 15.2. The second-order valence-corrected chi connectivity index (χ2v) is 13.5. The minimum Gasteiger partial charge on any atom is -0.490 e. The molecule has 2 fully saturated rings. The Morgan fingerprint density at radius 2 is 1.81 bits per heavy atom. The van der Waals surface area contributed by atoms with E-state index in [0.717, 1.165) is 0 Å². The lowest BCUT2D eigenvalue weighted by molar-refractivity contribution is -0.117. The highest BCUT2D eigenvalue weighted by Crippen LogP contribution is 2.46. The topological polar surface area (TPSA) is 124 Å². The summed E-state index contributed by atoms with van der Waals surface area (Å²) < 4.78 is 42.1. The van der Waals surface area contributed by atoms with Gasteiger partial charge in [-0.05, 0) is 50.5 Å². The zero-order chi connectivity index (χ0) is 26.7. The van der Waals surface area contributed by atoms with E-state index in [1.807, 2.05) is 13.8 Å². The van der Waals surface area contributed by atoms with E-state index in [4.69, 9.17) is 14.2 Å². The minimum absolute atomic E-state index is 0.0131. The fourth-order valence-electron chi connectivity index (χ4n) is 3.84. The molecule has 0 unspecified atom stereocenters. The number of nitrogens with zero attached hydrogens (tertiary/aromatic N) is 2. The maximum absolute atomic E-state index is 12.7. The third-order valence-electron chi connectivity index (χ3n) is 5.17. The Kier molecular flexibility index (Phi) is 9.20. The summed E-state index contributed by atoms with van der Waals surface area (Å²) in [6.45, 7) is 9.93. The molecule has 1 aromatic carbocycles. The zero-order valence-corrected chi connectivity index (χ0v) is 24.2. The lowest BCUT2D eigenvalue weighted by atomic mass is 10.2. The fraction of sp³-hybridized carbons (Fsp3) is 0.609. The Balaban J connectivity index is 1.86. The lowest BCUT2D eigenvalue weighted by Gasteiger charge is -2.27. The molecule has 2 amide bonds. The van der Waals surface area contributed by atoms with Crippen molar-refractivity contribution in [1.82, 2.24) is 5.32 Å². The number of sulfone groups is 1. The number of thioether (sulfide) groups is 1. The number of aliphatic imine (C=N–C) groups is 1. The summed E-state index contributed by atoms with van der Waals surface area (Å²) in [4.78, 5) is 30.6. The SMILES string of the molecule is CCOc1cc(Br)c(N2C(=NC(=O)CCNC(=O)OC(C)(C)C)S[C@H]3CS(=O)(=O)C[C@H]32)cc1OCC. The van der Waals surface area contributed by atoms with Gasteiger partial charge in [-0.25, -0.2) is 13.2 Å². The molecular weight excluding hydrogens is 574 g/mol. The van der Waals surface area contributed by atoms with Gasteiger partial charge < -0.3 is 24.4 Å². The number of amides is 2. The van der Waals surface area contributed by atoms with Crippen molar-refractivity contribution in [2.75, 3.05) is 36.2 Å². The smallest absolute Gasteiger partial charge is 0.407 e. The Labute approximate surface area is 224 Å². The van der Waals surface area contributed by atoms with Gasteiger partial charge in [0.15, 0.2) is 26.5 Å². The van der Waals surface area contributed by atoms with Crippen LogP contribution in [0.4, 0.5) is 10.5 Å². The molecule has 0 aromatic heterocycles. The van der Waals surface area contributed by atoms with E-state index in [9.17, 15) is 18.0 Å². The summed E-state index contributed by atoms with van der Waals surface area (Å²) in [5, 5.41) is 2.71. The number of halogens is 1. The number of carbonyl (C=O) groups is 2. The molecule has 1 aromatic rings. The van der Waals surface area contributed by atoms with E-state index in [1.165, 1.54) is 11.8 Å². The number of ether oxygens (including phenoxy) is 3. The van der Waals surface area contributed by atoms with Crippen molar-refractivity contribution in [2.45, 2.75) is 57.9 Å². The van der Waals surface area contributed by atoms with E-state index in [1.54, 1.807) is 37.8 Å². The summed E-state index contributed by atoms with van der Waals surface area (Å²) in [5.74, 6) is 0.605. The number of carbonyl (C=O) groups excluding carboxylic acids is 2. The normalized spacial score (nSPS) is 21.8. The van der Waals surface area contributed by atoms with Gasteiger partial charge in [-0.1, -0.05) is 11.8 Å². The molecule has 0 spiro atoms. The molecule has 0 radical (unpaired) electrons. The van der Waals surface area contributed by atoms with E-state index in [-0.39, 0.29) is 35.8 Å². The van der Waals surface area contributed by atoms with E-state index in [2.05, 4.69) is 26.2 Å². The van der Waals surface area contributed by atoms with E-state index >= 15 is 0 Å². The van der Waals surface area contributed by atoms with Crippen LogP contribution >= 0.6 is 27.7 Å². The van der Waals surface area contributed by atoms with Gasteiger partial charge in [0.05, 0.1) is 36.4 Å². The first-order valence-electron chi connectivity index (χ1n) is 11.7. The quantitative estimate of drug-likeness (QED) is 0.471. The van der Waals surface area contributed by atoms with Crippen LogP contribution in [-0.2, 0) is 19.4 Å². The number of hydrogen-bond donors (Lipinski definition) is 1. The van der Waals surface area contributed by atoms with E-state index < -0.39 is 27.4 Å². The number of hydrogen-bond acceptors (Lipinski definition) is 8. The number of anilines is 1. The van der Waals surface area contributed by atoms with Crippen molar-refractivity contribution in [2.24, 2.45) is 4.99 Å². The second-order valence-electron chi connectivity index (χ2n) is 9.25. The molecule has 0 bridgehead atoms. The van der Waals surface area contributed by atoms with Gasteiger partial charge in [0.25, 0.3) is 0 Å². The van der Waals surface area contributed by atoms with Crippen LogP contribution < -0.4 is 19.7 Å². The van der Waals surface area contributed by atoms with Gasteiger partial charge in [0.2, 0.25) is 5.91 Å². The van der Waals surface area contributed by atoms with Crippen molar-refractivity contribution in [1.29, 1.82) is 0 Å². The van der Waals surface area contributed by atoms with Crippen molar-refractivity contribution in [3.63, 3.8) is 0 Å². The summed E-state index contributed by atoms with van der Waals surface area (Å²) in [5.41, 5.74) is -0.00349. The third-order valence-corrected chi connectivity index (χ3v) is 9.01. The molecule has 1 N–H and O–H groups in total. The van der Waals surface area contributed by atoms with Crippen molar-refractivity contribution >= 4 is 60.4 Å². The second kappa shape index (κ2) is 11.6. The number of benzene rings is 1. The highest BCUT2D eigenvalue weighted by atomic mass is 79.9. The van der Waals surface area contributed by atoms with Crippen LogP contribution in [0.3, 0.4) is 0 Å². The minimum atomic E-state index is -3.22. The van der Waals surface area contributed by atoms with Crippen LogP contribution in [0.5, 0.6) is 11.5 Å². The zero-order valence-electron chi connectivity index (χ0n) is 21.0. The van der Waals surface area contributed by atoms with Crippen LogP contribution in [0.25, 0.3) is 0 Å². The Hall–Kier alpha value is -1.99. The number of alkyl carbamates (subject to hydrolysis) is 1. The number of nitrogens with one attached hydrogen (secondary N) is 1. The molecule has 0 aliphatic carbocycles. The van der Waals surface area contributed by atoms with Gasteiger partial charge in [-0.15, -0.1) is 0 Å². The van der Waals surface area contributed by atoms with Crippen LogP contribution in [0, 0.1) is 0 Å². The predicted octanol–water partition coefficient (Wildman–Crippen LogP) is 3.76. The van der Waals surface area contributed by atoms with Crippen molar-refractivity contribution in [3.8, 4) is 11.5 Å². The van der Waals surface area contributed by atoms with Crippen LogP contribution in [0.1, 0.15) is 41.0 Å². The van der Waals surface area contributed by atoms with E-state index in [0.29, 0.717) is 40.0 Å². The van der Waals surface area contributed by atoms with Gasteiger partial charge >= 0.3 is 6.09 Å². The largest absolute Gasteiger partial charge is 0.490 e. The van der Waals surface area contributed by atoms with Crippen molar-refractivity contribution < 1.29 is 32.2 Å². The molecule has 2 atom stereocenters. The monoisotopic (exact) mass is 605 g/mol. The van der Waals surface area contributed by atoms with Crippen molar-refractivity contribution in [3.05, 3.63) is 16.6 Å². The third kappa shape index (κ3) is 7.28. The molecule has 2 aliphatic rings. The summed E-state index contributed by atoms with van der Waals surface area (Å²) in [6, 6.07) is 3.17. The molecule has 200 valence electrons. The molecule has 2 aliphatic heterocycles. The summed E-state index contributed by atoms with van der Waals surface area (Å²) in [7, 11) is -3.22. The Morgan fingerprint density at radius 3 is 2.42 bits per heavy atom. The summed E-state index contributed by atoms with van der Waals surface area (Å²) >= 11 is 4.85. The first kappa shape index (κ1) is 28.6. The fourth-order valence-corrected chi connectivity index (χ4v) is 8.28. The molecule has 2 heterocycles. The Bertz CT molecular complexity index is 1140. The van der Waals surface area contributed by atoms with Crippen LogP contribution in [0.2, 0.25) is 0 Å². The highest BCUT2D eigenvalue weighted by Gasteiger charge is 2.50. The van der Waals surface area contributed by atoms with Crippen LogP contribution in [-0.4, -0.2) is 73.7 Å². The molecule has 13 heteroatoms. The molecule has 0 saturated carbocycles. The molecular formula is C23H32BrN3O7S2. The first-order chi connectivity index (χ1) is 16.8. The highest BCUT2D eigenvalue weighted by molar-refractivity contribution is 9.10. The average Bonchev–Trinajstić information content (AvgIpc) is 3.19. The molecule has 2 saturated heterocycles. The standard InChI is InChI=1S/C23H32BrN3O7S2/c1-6-32-17-10-14(24)15(11-18(17)33-7-2)27-16-12-36(30,31)13-19(16)35-21(27)26-20(28)8-9-25-22(29)34-23(3,4)5/h10-11,16,19H,6-9,12-13H2,1-5H3,(H,25,29)/t16-,19+/m1/s1.